The highest BCUT2D eigenvalue weighted by Gasteiger charge is 2.34. The molecule has 0 aromatic carbocycles. The largest absolute Gasteiger partial charge is 0.353 e. The third-order valence-corrected chi connectivity index (χ3v) is 5.29. The minimum Gasteiger partial charge on any atom is -0.353 e. The van der Waals surface area contributed by atoms with Crippen molar-refractivity contribution < 1.29 is 0 Å². The number of nitrogens with zero attached hydrogens (tertiary/aromatic N) is 2. The van der Waals surface area contributed by atoms with Gasteiger partial charge in [-0.3, -0.25) is 0 Å². The van der Waals surface area contributed by atoms with E-state index < -0.39 is 0 Å². The van der Waals surface area contributed by atoms with E-state index in [1.54, 1.807) is 0 Å². The summed E-state index contributed by atoms with van der Waals surface area (Å²) in [7, 11) is 0. The molecule has 2 nitrogen and oxygen atoms in total. The van der Waals surface area contributed by atoms with Crippen molar-refractivity contribution in [2.24, 2.45) is 5.92 Å². The fourth-order valence-corrected chi connectivity index (χ4v) is 4.29. The lowest BCUT2D eigenvalue weighted by molar-refractivity contribution is 0.429. The normalized spacial score (nSPS) is 24.3. The van der Waals surface area contributed by atoms with Gasteiger partial charge in [0.05, 0.1) is 5.88 Å². The first-order valence-electron chi connectivity index (χ1n) is 7.26. The van der Waals surface area contributed by atoms with Gasteiger partial charge in [-0.15, -0.1) is 11.6 Å². The van der Waals surface area contributed by atoms with Crippen molar-refractivity contribution in [3.8, 4) is 0 Å². The lowest BCUT2D eigenvalue weighted by atomic mass is 9.96. The highest BCUT2D eigenvalue weighted by atomic mass is 79.9. The molecule has 4 heteroatoms. The van der Waals surface area contributed by atoms with Crippen LogP contribution >= 0.6 is 27.5 Å². The Morgan fingerprint density at radius 3 is 2.79 bits per heavy atom. The van der Waals surface area contributed by atoms with Crippen LogP contribution in [0, 0.1) is 5.92 Å². The van der Waals surface area contributed by atoms with Gasteiger partial charge in [0.2, 0.25) is 0 Å². The third-order valence-electron chi connectivity index (χ3n) is 4.57. The fourth-order valence-electron chi connectivity index (χ4n) is 3.72. The smallest absolute Gasteiger partial charge is 0.133 e. The molecule has 0 radical (unpaired) electrons. The standard InChI is InChI=1S/C15H20BrClN2/c16-13-8-12(9-17)15(18-10-13)19-7-3-6-14(19)11-4-1-2-5-11/h8,10-11,14H,1-7,9H2. The molecule has 19 heavy (non-hydrogen) atoms. The van der Waals surface area contributed by atoms with Crippen LogP contribution in [0.3, 0.4) is 0 Å². The number of pyridine rings is 1. The Morgan fingerprint density at radius 2 is 2.05 bits per heavy atom. The molecule has 1 aliphatic heterocycles. The van der Waals surface area contributed by atoms with E-state index in [2.05, 4.69) is 31.9 Å². The summed E-state index contributed by atoms with van der Waals surface area (Å²) < 4.78 is 1.02. The highest BCUT2D eigenvalue weighted by molar-refractivity contribution is 9.10. The molecule has 104 valence electrons. The summed E-state index contributed by atoms with van der Waals surface area (Å²) in [6, 6.07) is 2.80. The van der Waals surface area contributed by atoms with Crippen molar-refractivity contribution in [3.05, 3.63) is 22.3 Å². The first-order valence-corrected chi connectivity index (χ1v) is 8.59. The zero-order valence-corrected chi connectivity index (χ0v) is 13.5. The van der Waals surface area contributed by atoms with Gasteiger partial charge in [-0.1, -0.05) is 12.8 Å². The molecule has 1 aromatic heterocycles. The van der Waals surface area contributed by atoms with Gasteiger partial charge in [-0.2, -0.15) is 0 Å². The molecule has 0 N–H and O–H groups in total. The molecule has 2 fully saturated rings. The van der Waals surface area contributed by atoms with Gasteiger partial charge < -0.3 is 4.90 Å². The predicted octanol–water partition coefficient (Wildman–Crippen LogP) is 4.74. The SMILES string of the molecule is ClCc1cc(Br)cnc1N1CCCC1C1CCCC1. The van der Waals surface area contributed by atoms with Crippen molar-refractivity contribution in [2.45, 2.75) is 50.4 Å². The first kappa shape index (κ1) is 13.7. The Hall–Kier alpha value is -0.280. The summed E-state index contributed by atoms with van der Waals surface area (Å²) in [5.41, 5.74) is 1.15. The highest BCUT2D eigenvalue weighted by Crippen LogP contribution is 2.38. The molecule has 1 atom stereocenters. The molecule has 1 aromatic rings. The molecular weight excluding hydrogens is 324 g/mol. The van der Waals surface area contributed by atoms with Crippen molar-refractivity contribution in [3.63, 3.8) is 0 Å². The maximum atomic E-state index is 6.10. The molecule has 2 heterocycles. The summed E-state index contributed by atoms with van der Waals surface area (Å²) in [6.07, 6.45) is 10.1. The maximum Gasteiger partial charge on any atom is 0.133 e. The van der Waals surface area contributed by atoms with Gasteiger partial charge >= 0.3 is 0 Å². The Labute approximate surface area is 128 Å². The summed E-state index contributed by atoms with van der Waals surface area (Å²) >= 11 is 9.59. The second-order valence-corrected chi connectivity index (χ2v) is 6.90. The van der Waals surface area contributed by atoms with E-state index in [0.717, 1.165) is 28.3 Å². The minimum absolute atomic E-state index is 0.537. The van der Waals surface area contributed by atoms with E-state index in [9.17, 15) is 0 Å². The summed E-state index contributed by atoms with van der Waals surface area (Å²) in [5.74, 6) is 2.53. The van der Waals surface area contributed by atoms with E-state index in [0.29, 0.717) is 11.9 Å². The van der Waals surface area contributed by atoms with Crippen LogP contribution in [-0.2, 0) is 5.88 Å². The van der Waals surface area contributed by atoms with Gasteiger partial charge in [0, 0.05) is 28.8 Å². The van der Waals surface area contributed by atoms with Gasteiger partial charge in [0.1, 0.15) is 5.82 Å². The van der Waals surface area contributed by atoms with E-state index in [1.165, 1.54) is 38.5 Å². The Balaban J connectivity index is 1.87. The molecule has 1 unspecified atom stereocenters. The molecule has 2 aliphatic rings. The van der Waals surface area contributed by atoms with Gasteiger partial charge in [0.25, 0.3) is 0 Å². The monoisotopic (exact) mass is 342 g/mol. The topological polar surface area (TPSA) is 16.1 Å². The van der Waals surface area contributed by atoms with Crippen molar-refractivity contribution >= 4 is 33.3 Å². The van der Waals surface area contributed by atoms with Crippen LogP contribution in [0.1, 0.15) is 44.1 Å². The third kappa shape index (κ3) is 2.78. The second-order valence-electron chi connectivity index (χ2n) is 5.72. The molecule has 1 aliphatic carbocycles. The van der Waals surface area contributed by atoms with Crippen molar-refractivity contribution in [2.75, 3.05) is 11.4 Å². The average molecular weight is 344 g/mol. The summed E-state index contributed by atoms with van der Waals surface area (Å²) in [4.78, 5) is 7.18. The van der Waals surface area contributed by atoms with Crippen molar-refractivity contribution in [1.82, 2.24) is 4.98 Å². The minimum atomic E-state index is 0.537. The number of halogens is 2. The number of hydrogen-bond donors (Lipinski definition) is 0. The Bertz CT molecular complexity index is 446. The van der Waals surface area contributed by atoms with Crippen LogP contribution in [0.5, 0.6) is 0 Å². The van der Waals surface area contributed by atoms with E-state index >= 15 is 0 Å². The van der Waals surface area contributed by atoms with E-state index in [4.69, 9.17) is 11.6 Å². The maximum absolute atomic E-state index is 6.10. The Morgan fingerprint density at radius 1 is 1.26 bits per heavy atom. The second kappa shape index (κ2) is 6.01. The van der Waals surface area contributed by atoms with Crippen LogP contribution in [0.2, 0.25) is 0 Å². The van der Waals surface area contributed by atoms with Gasteiger partial charge in [-0.25, -0.2) is 4.98 Å². The molecule has 1 saturated carbocycles. The number of aromatic nitrogens is 1. The number of rotatable bonds is 3. The lowest BCUT2D eigenvalue weighted by Gasteiger charge is -2.31. The fraction of sp³-hybridized carbons (Fsp3) is 0.667. The van der Waals surface area contributed by atoms with Crippen LogP contribution in [0.4, 0.5) is 5.82 Å². The van der Waals surface area contributed by atoms with Crippen LogP contribution in [0.25, 0.3) is 0 Å². The summed E-state index contributed by atoms with van der Waals surface area (Å²) in [6.45, 7) is 1.14. The molecule has 3 rings (SSSR count). The quantitative estimate of drug-likeness (QED) is 0.737. The predicted molar refractivity (Wildman–Crippen MR) is 83.8 cm³/mol. The van der Waals surface area contributed by atoms with Gasteiger partial charge in [-0.05, 0) is 53.6 Å². The average Bonchev–Trinajstić information content (AvgIpc) is 3.08. The lowest BCUT2D eigenvalue weighted by Crippen LogP contribution is -2.35. The Kier molecular flexibility index (Phi) is 4.33. The van der Waals surface area contributed by atoms with Crippen LogP contribution in [0.15, 0.2) is 16.7 Å². The number of anilines is 1. The number of alkyl halides is 1. The molecular formula is C15H20BrClN2. The molecule has 0 bridgehead atoms. The van der Waals surface area contributed by atoms with E-state index in [1.807, 2.05) is 6.20 Å². The molecule has 0 amide bonds. The number of hydrogen-bond acceptors (Lipinski definition) is 2. The van der Waals surface area contributed by atoms with Crippen LogP contribution in [-0.4, -0.2) is 17.6 Å². The van der Waals surface area contributed by atoms with E-state index in [-0.39, 0.29) is 0 Å². The zero-order chi connectivity index (χ0) is 13.2. The van der Waals surface area contributed by atoms with Gasteiger partial charge in [0.15, 0.2) is 0 Å². The zero-order valence-electron chi connectivity index (χ0n) is 11.1. The first-order chi connectivity index (χ1) is 9.29. The molecule has 0 spiro atoms. The van der Waals surface area contributed by atoms with Crippen molar-refractivity contribution in [1.29, 1.82) is 0 Å². The summed E-state index contributed by atoms with van der Waals surface area (Å²) in [5, 5.41) is 0. The van der Waals surface area contributed by atoms with Crippen LogP contribution < -0.4 is 4.90 Å². The molecule has 1 saturated heterocycles.